The van der Waals surface area contributed by atoms with E-state index >= 15 is 0 Å². The molecule has 1 saturated heterocycles. The van der Waals surface area contributed by atoms with Gasteiger partial charge in [0.25, 0.3) is 0 Å². The van der Waals surface area contributed by atoms with Crippen molar-refractivity contribution < 1.29 is 27.2 Å². The highest BCUT2D eigenvalue weighted by Crippen LogP contribution is 2.36. The molecule has 2 rings (SSSR count). The van der Waals surface area contributed by atoms with Crippen molar-refractivity contribution in [3.05, 3.63) is 18.3 Å². The highest BCUT2D eigenvalue weighted by molar-refractivity contribution is 6.62. The van der Waals surface area contributed by atoms with Gasteiger partial charge in [-0.3, -0.25) is 0 Å². The summed E-state index contributed by atoms with van der Waals surface area (Å²) in [5.41, 5.74) is -0.698. The zero-order chi connectivity index (χ0) is 15.2. The number of alkyl halides is 3. The van der Waals surface area contributed by atoms with Gasteiger partial charge in [-0.1, -0.05) is 0 Å². The monoisotopic (exact) mass is 289 g/mol. The topological polar surface area (TPSA) is 40.6 Å². The fraction of sp³-hybridized carbons (Fsp3) is 0.583. The predicted octanol–water partition coefficient (Wildman–Crippen LogP) is 2.28. The average molecular weight is 289 g/mol. The van der Waals surface area contributed by atoms with Crippen LogP contribution < -0.4 is 10.2 Å². The molecule has 0 N–H and O–H groups in total. The molecule has 110 valence electrons. The minimum absolute atomic E-state index is 0.429. The maximum atomic E-state index is 12.2. The van der Waals surface area contributed by atoms with E-state index in [1.165, 1.54) is 12.3 Å². The van der Waals surface area contributed by atoms with Crippen molar-refractivity contribution in [1.29, 1.82) is 0 Å². The summed E-state index contributed by atoms with van der Waals surface area (Å²) in [7, 11) is -0.751. The van der Waals surface area contributed by atoms with Crippen LogP contribution in [0.4, 0.5) is 13.2 Å². The molecule has 0 radical (unpaired) electrons. The number of hydrogen-bond acceptors (Lipinski definition) is 4. The van der Waals surface area contributed by atoms with Gasteiger partial charge < -0.3 is 14.0 Å². The Bertz CT molecular complexity index is 489. The van der Waals surface area contributed by atoms with E-state index in [1.807, 2.05) is 27.7 Å². The van der Waals surface area contributed by atoms with E-state index in [4.69, 9.17) is 9.31 Å². The molecule has 0 aliphatic carbocycles. The maximum absolute atomic E-state index is 12.2. The maximum Gasteiger partial charge on any atom is 0.574 e. The molecule has 0 unspecified atom stereocenters. The van der Waals surface area contributed by atoms with Crippen LogP contribution in [0.1, 0.15) is 27.7 Å². The lowest BCUT2D eigenvalue weighted by atomic mass is 9.80. The third-order valence-electron chi connectivity index (χ3n) is 3.50. The quantitative estimate of drug-likeness (QED) is 0.783. The molecule has 2 heterocycles. The Morgan fingerprint density at radius 2 is 1.70 bits per heavy atom. The molecule has 1 aliphatic heterocycles. The molecule has 1 aliphatic rings. The molecule has 1 aromatic rings. The molecular formula is C12H15BF3NO3. The van der Waals surface area contributed by atoms with E-state index in [9.17, 15) is 13.2 Å². The molecule has 20 heavy (non-hydrogen) atoms. The van der Waals surface area contributed by atoms with Gasteiger partial charge in [0.2, 0.25) is 5.88 Å². The van der Waals surface area contributed by atoms with Gasteiger partial charge in [-0.25, -0.2) is 4.98 Å². The van der Waals surface area contributed by atoms with Crippen molar-refractivity contribution in [2.75, 3.05) is 0 Å². The zero-order valence-electron chi connectivity index (χ0n) is 11.6. The Balaban J connectivity index is 2.21. The van der Waals surface area contributed by atoms with Gasteiger partial charge in [0.1, 0.15) is 0 Å². The average Bonchev–Trinajstić information content (AvgIpc) is 2.46. The van der Waals surface area contributed by atoms with Crippen molar-refractivity contribution in [2.24, 2.45) is 0 Å². The Kier molecular flexibility index (Phi) is 3.50. The van der Waals surface area contributed by atoms with Gasteiger partial charge >= 0.3 is 13.5 Å². The van der Waals surface area contributed by atoms with Crippen LogP contribution in [0.3, 0.4) is 0 Å². The number of rotatable bonds is 2. The number of halogens is 3. The lowest BCUT2D eigenvalue weighted by Crippen LogP contribution is -2.41. The summed E-state index contributed by atoms with van der Waals surface area (Å²) in [5, 5.41) is 0. The van der Waals surface area contributed by atoms with E-state index < -0.39 is 30.6 Å². The van der Waals surface area contributed by atoms with Crippen LogP contribution in [-0.4, -0.2) is 29.7 Å². The van der Waals surface area contributed by atoms with Gasteiger partial charge in [0.05, 0.1) is 11.2 Å². The second-order valence-electron chi connectivity index (χ2n) is 5.56. The molecule has 1 fully saturated rings. The Hall–Kier alpha value is -1.28. The molecule has 1 aromatic heterocycles. The molecule has 0 bridgehead atoms. The van der Waals surface area contributed by atoms with Crippen LogP contribution in [0.2, 0.25) is 0 Å². The first-order valence-corrected chi connectivity index (χ1v) is 6.07. The molecule has 0 amide bonds. The first-order chi connectivity index (χ1) is 9.00. The Labute approximate surface area is 115 Å². The SMILES string of the molecule is CC1(C)OB(c2ccnc(OC(F)(F)F)c2)OC1(C)C. The molecule has 0 atom stereocenters. The Morgan fingerprint density at radius 1 is 1.15 bits per heavy atom. The van der Waals surface area contributed by atoms with E-state index in [1.54, 1.807) is 0 Å². The van der Waals surface area contributed by atoms with E-state index in [0.717, 1.165) is 6.07 Å². The largest absolute Gasteiger partial charge is 0.574 e. The number of ether oxygens (including phenoxy) is 1. The van der Waals surface area contributed by atoms with Crippen LogP contribution >= 0.6 is 0 Å². The van der Waals surface area contributed by atoms with E-state index in [2.05, 4.69) is 9.72 Å². The van der Waals surface area contributed by atoms with Crippen molar-refractivity contribution in [3.63, 3.8) is 0 Å². The number of pyridine rings is 1. The fourth-order valence-corrected chi connectivity index (χ4v) is 1.72. The number of hydrogen-bond donors (Lipinski definition) is 0. The van der Waals surface area contributed by atoms with Crippen molar-refractivity contribution in [1.82, 2.24) is 4.98 Å². The van der Waals surface area contributed by atoms with Gasteiger partial charge in [0, 0.05) is 12.3 Å². The standard InChI is InChI=1S/C12H15BF3NO3/c1-10(2)11(3,4)20-13(19-10)8-5-6-17-9(7-8)18-12(14,15)16/h5-7H,1-4H3. The van der Waals surface area contributed by atoms with Gasteiger partial charge in [-0.05, 0) is 39.2 Å². The van der Waals surface area contributed by atoms with Crippen molar-refractivity contribution in [2.45, 2.75) is 45.3 Å². The minimum Gasteiger partial charge on any atom is -0.399 e. The van der Waals surface area contributed by atoms with Gasteiger partial charge in [0.15, 0.2) is 0 Å². The third kappa shape index (κ3) is 3.07. The summed E-state index contributed by atoms with van der Waals surface area (Å²) >= 11 is 0. The van der Waals surface area contributed by atoms with E-state index in [-0.39, 0.29) is 0 Å². The highest BCUT2D eigenvalue weighted by Gasteiger charge is 2.51. The summed E-state index contributed by atoms with van der Waals surface area (Å²) in [6, 6.07) is 2.70. The normalized spacial score (nSPS) is 21.1. The first kappa shape index (κ1) is 15.1. The van der Waals surface area contributed by atoms with Gasteiger partial charge in [-0.2, -0.15) is 0 Å². The first-order valence-electron chi connectivity index (χ1n) is 6.07. The van der Waals surface area contributed by atoms with Crippen molar-refractivity contribution >= 4 is 12.6 Å². The predicted molar refractivity (Wildman–Crippen MR) is 66.6 cm³/mol. The molecule has 0 aromatic carbocycles. The second-order valence-corrected chi connectivity index (χ2v) is 5.56. The fourth-order valence-electron chi connectivity index (χ4n) is 1.72. The molecular weight excluding hydrogens is 274 g/mol. The van der Waals surface area contributed by atoms with Crippen LogP contribution in [0.15, 0.2) is 18.3 Å². The summed E-state index contributed by atoms with van der Waals surface area (Å²) in [6.45, 7) is 7.45. The van der Waals surface area contributed by atoms with E-state index in [0.29, 0.717) is 5.46 Å². The third-order valence-corrected chi connectivity index (χ3v) is 3.50. The molecule has 8 heteroatoms. The lowest BCUT2D eigenvalue weighted by molar-refractivity contribution is -0.276. The smallest absolute Gasteiger partial charge is 0.399 e. The van der Waals surface area contributed by atoms with Crippen LogP contribution in [0.5, 0.6) is 5.88 Å². The van der Waals surface area contributed by atoms with Crippen LogP contribution in [0.25, 0.3) is 0 Å². The summed E-state index contributed by atoms with van der Waals surface area (Å²) in [6.07, 6.45) is -3.55. The summed E-state index contributed by atoms with van der Waals surface area (Å²) < 4.78 is 51.8. The van der Waals surface area contributed by atoms with Crippen molar-refractivity contribution in [3.8, 4) is 5.88 Å². The lowest BCUT2D eigenvalue weighted by Gasteiger charge is -2.32. The van der Waals surface area contributed by atoms with Crippen LogP contribution in [0, 0.1) is 0 Å². The minimum atomic E-state index is -4.78. The van der Waals surface area contributed by atoms with Crippen LogP contribution in [-0.2, 0) is 9.31 Å². The molecule has 4 nitrogen and oxygen atoms in total. The summed E-state index contributed by atoms with van der Waals surface area (Å²) in [4.78, 5) is 3.52. The number of aromatic nitrogens is 1. The van der Waals surface area contributed by atoms with Gasteiger partial charge in [-0.15, -0.1) is 13.2 Å². The molecule has 0 spiro atoms. The molecule has 0 saturated carbocycles. The second kappa shape index (κ2) is 4.63. The highest BCUT2D eigenvalue weighted by atomic mass is 19.4. The Morgan fingerprint density at radius 3 is 2.20 bits per heavy atom. The number of nitrogens with zero attached hydrogens (tertiary/aromatic N) is 1. The summed E-state index contributed by atoms with van der Waals surface area (Å²) in [5.74, 6) is -0.537. The zero-order valence-corrected chi connectivity index (χ0v) is 11.6.